The van der Waals surface area contributed by atoms with Crippen molar-refractivity contribution in [2.45, 2.75) is 13.5 Å². The van der Waals surface area contributed by atoms with Gasteiger partial charge in [-0.3, -0.25) is 0 Å². The lowest BCUT2D eigenvalue weighted by Crippen LogP contribution is -2.12. The van der Waals surface area contributed by atoms with Crippen LogP contribution in [0.25, 0.3) is 0 Å². The number of nitrogens with one attached hydrogen (secondary N) is 1. The fraction of sp³-hybridized carbons (Fsp3) is 0.200. The van der Waals surface area contributed by atoms with E-state index in [0.29, 0.717) is 21.8 Å². The third-order valence-electron chi connectivity index (χ3n) is 2.70. The number of hydrogen-bond acceptors (Lipinski definition) is 2. The molecular weight excluding hydrogens is 345 g/mol. The minimum absolute atomic E-state index is 0.188. The number of benzene rings is 2. The SMILES string of the molecule is CCNCc1cc(Cl)ccc1Oc1ccc(Br)cc1F. The average Bonchev–Trinajstić information content (AvgIpc) is 2.41. The Morgan fingerprint density at radius 2 is 1.95 bits per heavy atom. The Labute approximate surface area is 131 Å². The molecule has 2 aromatic carbocycles. The fourth-order valence-electron chi connectivity index (χ4n) is 1.72. The standard InChI is InChI=1S/C15H14BrClFNO/c1-2-19-9-10-7-12(17)4-6-14(10)20-15-5-3-11(16)8-13(15)18/h3-8,19H,2,9H2,1H3. The van der Waals surface area contributed by atoms with E-state index in [9.17, 15) is 4.39 Å². The first-order valence-corrected chi connectivity index (χ1v) is 7.39. The van der Waals surface area contributed by atoms with E-state index in [-0.39, 0.29) is 5.75 Å². The molecule has 0 saturated carbocycles. The van der Waals surface area contributed by atoms with Crippen molar-refractivity contribution in [3.63, 3.8) is 0 Å². The highest BCUT2D eigenvalue weighted by atomic mass is 79.9. The number of hydrogen-bond donors (Lipinski definition) is 1. The molecule has 2 nitrogen and oxygen atoms in total. The Hall–Kier alpha value is -1.10. The summed E-state index contributed by atoms with van der Waals surface area (Å²) in [5.74, 6) is 0.369. The molecule has 0 bridgehead atoms. The summed E-state index contributed by atoms with van der Waals surface area (Å²) in [5.41, 5.74) is 0.890. The predicted octanol–water partition coefficient (Wildman–Crippen LogP) is 5.14. The number of ether oxygens (including phenoxy) is 1. The van der Waals surface area contributed by atoms with Crippen LogP contribution in [0.3, 0.4) is 0 Å². The van der Waals surface area contributed by atoms with Gasteiger partial charge in [0.1, 0.15) is 5.75 Å². The maximum atomic E-state index is 13.8. The van der Waals surface area contributed by atoms with E-state index in [1.165, 1.54) is 6.07 Å². The normalized spacial score (nSPS) is 10.6. The molecular formula is C15H14BrClFNO. The highest BCUT2D eigenvalue weighted by Gasteiger charge is 2.09. The van der Waals surface area contributed by atoms with E-state index in [0.717, 1.165) is 12.1 Å². The first-order valence-electron chi connectivity index (χ1n) is 6.22. The molecule has 0 atom stereocenters. The first kappa shape index (κ1) is 15.3. The van der Waals surface area contributed by atoms with Gasteiger partial charge in [0.05, 0.1) is 0 Å². The van der Waals surface area contributed by atoms with Gasteiger partial charge in [-0.15, -0.1) is 0 Å². The van der Waals surface area contributed by atoms with Crippen LogP contribution in [0.5, 0.6) is 11.5 Å². The maximum Gasteiger partial charge on any atom is 0.166 e. The molecule has 0 aliphatic carbocycles. The summed E-state index contributed by atoms with van der Waals surface area (Å²) in [6, 6.07) is 9.98. The summed E-state index contributed by atoms with van der Waals surface area (Å²) in [6.07, 6.45) is 0. The van der Waals surface area contributed by atoms with Crippen LogP contribution in [0.2, 0.25) is 5.02 Å². The van der Waals surface area contributed by atoms with Crippen LogP contribution in [0.15, 0.2) is 40.9 Å². The molecule has 0 unspecified atom stereocenters. The van der Waals surface area contributed by atoms with Gasteiger partial charge in [0.2, 0.25) is 0 Å². The third kappa shape index (κ3) is 3.95. The second kappa shape index (κ2) is 7.07. The molecule has 2 rings (SSSR count). The molecule has 0 radical (unpaired) electrons. The molecule has 20 heavy (non-hydrogen) atoms. The molecule has 5 heteroatoms. The van der Waals surface area contributed by atoms with Crippen LogP contribution in [-0.2, 0) is 6.54 Å². The van der Waals surface area contributed by atoms with Crippen molar-refractivity contribution in [2.24, 2.45) is 0 Å². The van der Waals surface area contributed by atoms with Crippen LogP contribution >= 0.6 is 27.5 Å². The largest absolute Gasteiger partial charge is 0.454 e. The first-order chi connectivity index (χ1) is 9.60. The van der Waals surface area contributed by atoms with Gasteiger partial charge >= 0.3 is 0 Å². The quantitative estimate of drug-likeness (QED) is 0.798. The van der Waals surface area contributed by atoms with Crippen molar-refractivity contribution >= 4 is 27.5 Å². The van der Waals surface area contributed by atoms with Crippen LogP contribution < -0.4 is 10.1 Å². The van der Waals surface area contributed by atoms with Crippen molar-refractivity contribution in [3.05, 3.63) is 57.3 Å². The summed E-state index contributed by atoms with van der Waals surface area (Å²) in [5, 5.41) is 3.83. The van der Waals surface area contributed by atoms with Gasteiger partial charge in [-0.2, -0.15) is 0 Å². The van der Waals surface area contributed by atoms with Crippen LogP contribution in [-0.4, -0.2) is 6.54 Å². The molecule has 0 saturated heterocycles. The van der Waals surface area contributed by atoms with Crippen LogP contribution in [0.1, 0.15) is 12.5 Å². The minimum atomic E-state index is -0.413. The van der Waals surface area contributed by atoms with Crippen molar-refractivity contribution in [3.8, 4) is 11.5 Å². The average molecular weight is 359 g/mol. The summed E-state index contributed by atoms with van der Waals surface area (Å²) in [4.78, 5) is 0. The Morgan fingerprint density at radius 3 is 2.65 bits per heavy atom. The van der Waals surface area contributed by atoms with Crippen molar-refractivity contribution < 1.29 is 9.13 Å². The van der Waals surface area contributed by atoms with Gasteiger partial charge in [-0.25, -0.2) is 4.39 Å². The molecule has 0 spiro atoms. The van der Waals surface area contributed by atoms with E-state index in [1.54, 1.807) is 24.3 Å². The Bertz CT molecular complexity index is 606. The van der Waals surface area contributed by atoms with E-state index < -0.39 is 5.82 Å². The number of halogens is 3. The molecule has 2 aromatic rings. The van der Waals surface area contributed by atoms with Gasteiger partial charge in [0.15, 0.2) is 11.6 Å². The zero-order valence-electron chi connectivity index (χ0n) is 10.9. The lowest BCUT2D eigenvalue weighted by molar-refractivity contribution is 0.436. The fourth-order valence-corrected chi connectivity index (χ4v) is 2.25. The highest BCUT2D eigenvalue weighted by Crippen LogP contribution is 2.30. The van der Waals surface area contributed by atoms with E-state index in [4.69, 9.17) is 16.3 Å². The topological polar surface area (TPSA) is 21.3 Å². The van der Waals surface area contributed by atoms with Gasteiger partial charge in [0, 0.05) is 21.6 Å². The van der Waals surface area contributed by atoms with E-state index in [1.807, 2.05) is 13.0 Å². The second-order valence-corrected chi connectivity index (χ2v) is 5.56. The monoisotopic (exact) mass is 357 g/mol. The Morgan fingerprint density at radius 1 is 1.20 bits per heavy atom. The summed E-state index contributed by atoms with van der Waals surface area (Å²) < 4.78 is 20.1. The molecule has 0 fully saturated rings. The zero-order chi connectivity index (χ0) is 14.5. The molecule has 0 aliphatic rings. The van der Waals surface area contributed by atoms with Gasteiger partial charge < -0.3 is 10.1 Å². The zero-order valence-corrected chi connectivity index (χ0v) is 13.3. The van der Waals surface area contributed by atoms with Crippen LogP contribution in [0.4, 0.5) is 4.39 Å². The molecule has 1 N–H and O–H groups in total. The molecule has 0 aromatic heterocycles. The summed E-state index contributed by atoms with van der Waals surface area (Å²) in [6.45, 7) is 3.46. The van der Waals surface area contributed by atoms with Crippen molar-refractivity contribution in [2.75, 3.05) is 6.54 Å². The molecule has 0 aliphatic heterocycles. The molecule has 0 amide bonds. The van der Waals surface area contributed by atoms with Gasteiger partial charge in [-0.1, -0.05) is 34.5 Å². The van der Waals surface area contributed by atoms with Crippen molar-refractivity contribution in [1.82, 2.24) is 5.32 Å². The van der Waals surface area contributed by atoms with Gasteiger partial charge in [0.25, 0.3) is 0 Å². The lowest BCUT2D eigenvalue weighted by Gasteiger charge is -2.12. The third-order valence-corrected chi connectivity index (χ3v) is 3.43. The Kier molecular flexibility index (Phi) is 5.40. The smallest absolute Gasteiger partial charge is 0.166 e. The molecule has 106 valence electrons. The van der Waals surface area contributed by atoms with Gasteiger partial charge in [-0.05, 0) is 42.9 Å². The Balaban J connectivity index is 2.27. The number of rotatable bonds is 5. The second-order valence-electron chi connectivity index (χ2n) is 4.21. The van der Waals surface area contributed by atoms with E-state index in [2.05, 4.69) is 21.2 Å². The van der Waals surface area contributed by atoms with Crippen molar-refractivity contribution in [1.29, 1.82) is 0 Å². The van der Waals surface area contributed by atoms with Crippen LogP contribution in [0, 0.1) is 5.82 Å². The lowest BCUT2D eigenvalue weighted by atomic mass is 10.2. The minimum Gasteiger partial charge on any atom is -0.454 e. The predicted molar refractivity (Wildman–Crippen MR) is 83.0 cm³/mol. The highest BCUT2D eigenvalue weighted by molar-refractivity contribution is 9.10. The van der Waals surface area contributed by atoms with E-state index >= 15 is 0 Å². The molecule has 0 heterocycles. The summed E-state index contributed by atoms with van der Waals surface area (Å²) in [7, 11) is 0. The summed E-state index contributed by atoms with van der Waals surface area (Å²) >= 11 is 9.20. The maximum absolute atomic E-state index is 13.8.